The van der Waals surface area contributed by atoms with E-state index in [2.05, 4.69) is 19.0 Å². The van der Waals surface area contributed by atoms with Crippen molar-refractivity contribution in [3.05, 3.63) is 144 Å². The standard InChI is InChI=1S/2C15H16F5NO5S.2C14H17F2NO3/c2*16-14(17)8-4-7-11(12(14)26-27(23,24)15(18,19)20)21-13(22)25-9-10-5-2-1-3-6-10;2*15-14(16)8-4-7-11(12(14)18)17-13(19)20-9-10-5-2-1-3-6-10/h2*1-3,5-6,11-12H,4,7-9H2,(H,21,22);2*1-3,5-6,11-12,18H,4,7-9H2,(H,17,19)/t4*11-,12+/m1010/s1. The zero-order chi connectivity index (χ0) is 69.8. The van der Waals surface area contributed by atoms with Crippen molar-refractivity contribution >= 4 is 44.6 Å². The lowest BCUT2D eigenvalue weighted by Crippen LogP contribution is -2.56. The van der Waals surface area contributed by atoms with Gasteiger partial charge in [0.25, 0.3) is 23.7 Å². The average molecular weight is 1410 g/mol. The molecule has 0 unspecified atom stereocenters. The fourth-order valence-electron chi connectivity index (χ4n) is 9.53. The van der Waals surface area contributed by atoms with Crippen LogP contribution < -0.4 is 21.3 Å². The third kappa shape index (κ3) is 24.2. The number of alkyl carbamates (subject to hydrolysis) is 4. The maximum absolute atomic E-state index is 14.0. The summed E-state index contributed by atoms with van der Waals surface area (Å²) >= 11 is 0. The molecule has 4 aliphatic rings. The van der Waals surface area contributed by atoms with Gasteiger partial charge in [-0.25, -0.2) is 54.3 Å². The quantitative estimate of drug-likeness (QED) is 0.0263. The van der Waals surface area contributed by atoms with Gasteiger partial charge in [0.15, 0.2) is 12.2 Å². The number of hydrogen-bond donors (Lipinski definition) is 6. The fourth-order valence-corrected chi connectivity index (χ4v) is 10.8. The van der Waals surface area contributed by atoms with Gasteiger partial charge < -0.3 is 50.4 Å². The van der Waals surface area contributed by atoms with E-state index in [1.54, 1.807) is 84.9 Å². The first-order valence-electron chi connectivity index (χ1n) is 28.6. The number of ether oxygens (including phenoxy) is 4. The van der Waals surface area contributed by atoms with Crippen molar-refractivity contribution in [3.8, 4) is 0 Å². The van der Waals surface area contributed by atoms with E-state index in [-0.39, 0.29) is 77.8 Å². The van der Waals surface area contributed by atoms with Crippen LogP contribution in [0.4, 0.5) is 80.6 Å². The molecule has 0 heterocycles. The molecule has 20 nitrogen and oxygen atoms in total. The van der Waals surface area contributed by atoms with E-state index in [1.165, 1.54) is 0 Å². The Kier molecular flexibility index (Phi) is 27.9. The van der Waals surface area contributed by atoms with Crippen LogP contribution in [0.3, 0.4) is 0 Å². The molecule has 0 saturated heterocycles. The van der Waals surface area contributed by atoms with E-state index in [0.29, 0.717) is 24.0 Å². The van der Waals surface area contributed by atoms with Gasteiger partial charge in [-0.3, -0.25) is 8.37 Å². The van der Waals surface area contributed by atoms with E-state index in [0.717, 1.165) is 11.1 Å². The number of alkyl halides is 14. The second-order valence-corrected chi connectivity index (χ2v) is 24.7. The van der Waals surface area contributed by atoms with Crippen molar-refractivity contribution in [1.29, 1.82) is 0 Å². The van der Waals surface area contributed by atoms with E-state index in [1.807, 2.05) is 47.0 Å². The summed E-state index contributed by atoms with van der Waals surface area (Å²) in [5.74, 6) is -14.1. The number of nitrogens with one attached hydrogen (secondary N) is 4. The monoisotopic (exact) mass is 1400 g/mol. The SMILES string of the molecule is O=C(N[C@@H]1CCCC(F)(F)[C@H]1O)OCc1ccccc1.O=C(N[C@@H]1CCCC(F)(F)[C@H]1OS(=O)(=O)C(F)(F)F)OCc1ccccc1.O=C(N[C@H]1CCCC(F)(F)[C@@H]1O)OCc1ccccc1.O=C(N[C@H]1CCCC(F)(F)[C@@H]1OS(=O)(=O)C(F)(F)F)OCc1ccccc1. The van der Waals surface area contributed by atoms with Crippen LogP contribution in [0.1, 0.15) is 99.3 Å². The molecule has 0 bridgehead atoms. The van der Waals surface area contributed by atoms with E-state index >= 15 is 0 Å². The third-order valence-corrected chi connectivity index (χ3v) is 16.4. The van der Waals surface area contributed by atoms with Gasteiger partial charge >= 0.3 is 55.6 Å². The van der Waals surface area contributed by atoms with Crippen molar-refractivity contribution in [3.63, 3.8) is 0 Å². The molecule has 8 atom stereocenters. The minimum Gasteiger partial charge on any atom is -0.445 e. The Labute approximate surface area is 529 Å². The molecule has 0 radical (unpaired) electrons. The summed E-state index contributed by atoms with van der Waals surface area (Å²) in [5, 5.41) is 27.6. The molecule has 4 fully saturated rings. The van der Waals surface area contributed by atoms with Gasteiger partial charge in [-0.15, -0.1) is 0 Å². The number of carbonyl (C=O) groups excluding carboxylic acids is 4. The highest BCUT2D eigenvalue weighted by molar-refractivity contribution is 7.87. The Bertz CT molecular complexity index is 3050. The van der Waals surface area contributed by atoms with Gasteiger partial charge in [-0.1, -0.05) is 121 Å². The Morgan fingerprint density at radius 3 is 0.830 bits per heavy atom. The summed E-state index contributed by atoms with van der Waals surface area (Å²) in [7, 11) is -12.5. The molecule has 0 aliphatic heterocycles. The topological polar surface area (TPSA) is 281 Å². The highest BCUT2D eigenvalue weighted by atomic mass is 32.2. The first-order valence-corrected chi connectivity index (χ1v) is 31.4. The van der Waals surface area contributed by atoms with Gasteiger partial charge in [-0.2, -0.15) is 43.2 Å². The number of rotatable bonds is 16. The van der Waals surface area contributed by atoms with Gasteiger partial charge in [0, 0.05) is 25.7 Å². The Morgan fingerprint density at radius 2 is 0.596 bits per heavy atom. The summed E-state index contributed by atoms with van der Waals surface area (Å²) in [6.45, 7) is -0.290. The Balaban J connectivity index is 0.000000229. The Hall–Kier alpha value is -7.28. The third-order valence-electron chi connectivity index (χ3n) is 14.4. The maximum atomic E-state index is 14.0. The molecule has 94 heavy (non-hydrogen) atoms. The number of halogens is 14. The summed E-state index contributed by atoms with van der Waals surface area (Å²) in [5.41, 5.74) is -8.94. The molecule has 6 N–H and O–H groups in total. The Morgan fingerprint density at radius 1 is 0.383 bits per heavy atom. The first kappa shape index (κ1) is 77.4. The molecule has 4 saturated carbocycles. The number of benzene rings is 4. The van der Waals surface area contributed by atoms with Crippen LogP contribution >= 0.6 is 0 Å². The average Bonchev–Trinajstić information content (AvgIpc) is 0.796. The largest absolute Gasteiger partial charge is 0.523 e. The molecule has 4 aliphatic carbocycles. The molecule has 524 valence electrons. The minimum absolute atomic E-state index is 0.0614. The van der Waals surface area contributed by atoms with Crippen LogP contribution in [-0.4, -0.2) is 135 Å². The zero-order valence-electron chi connectivity index (χ0n) is 49.2. The van der Waals surface area contributed by atoms with Gasteiger partial charge in [0.2, 0.25) is 0 Å². The van der Waals surface area contributed by atoms with Crippen molar-refractivity contribution in [1.82, 2.24) is 21.3 Å². The first-order chi connectivity index (χ1) is 43.8. The summed E-state index contributed by atoms with van der Waals surface area (Å²) in [6, 6.07) is 29.4. The van der Waals surface area contributed by atoms with E-state index in [9.17, 15) is 108 Å². The van der Waals surface area contributed by atoms with Crippen LogP contribution in [0.5, 0.6) is 0 Å². The number of amides is 4. The highest BCUT2D eigenvalue weighted by Gasteiger charge is 2.58. The molecule has 0 spiro atoms. The summed E-state index contributed by atoms with van der Waals surface area (Å²) < 4.78 is 256. The molecular weight excluding hydrogens is 1340 g/mol. The number of hydrogen-bond acceptors (Lipinski definition) is 16. The summed E-state index contributed by atoms with van der Waals surface area (Å²) in [6.07, 6.45) is -15.1. The van der Waals surface area contributed by atoms with Crippen molar-refractivity contribution in [2.24, 2.45) is 0 Å². The maximum Gasteiger partial charge on any atom is 0.523 e. The number of aliphatic hydroxyl groups is 2. The van der Waals surface area contributed by atoms with E-state index < -0.39 is 141 Å². The predicted molar refractivity (Wildman–Crippen MR) is 301 cm³/mol. The second-order valence-electron chi connectivity index (χ2n) is 21.6. The molecule has 8 rings (SSSR count). The zero-order valence-corrected chi connectivity index (χ0v) is 50.8. The van der Waals surface area contributed by atoms with Crippen LogP contribution in [0.2, 0.25) is 0 Å². The van der Waals surface area contributed by atoms with Crippen molar-refractivity contribution < 1.29 is 135 Å². The lowest BCUT2D eigenvalue weighted by molar-refractivity contribution is -0.142. The van der Waals surface area contributed by atoms with Gasteiger partial charge in [0.1, 0.15) is 38.6 Å². The van der Waals surface area contributed by atoms with Crippen molar-refractivity contribution in [2.75, 3.05) is 0 Å². The van der Waals surface area contributed by atoms with Gasteiger partial charge in [-0.05, 0) is 73.6 Å². The smallest absolute Gasteiger partial charge is 0.445 e. The number of aliphatic hydroxyl groups excluding tert-OH is 2. The molecular formula is C58H66F14N4O16S2. The lowest BCUT2D eigenvalue weighted by atomic mass is 9.89. The minimum atomic E-state index is -6.26. The van der Waals surface area contributed by atoms with E-state index in [4.69, 9.17) is 18.9 Å². The molecule has 4 aromatic carbocycles. The van der Waals surface area contributed by atoms with Crippen LogP contribution in [-0.2, 0) is 74.0 Å². The van der Waals surface area contributed by atoms with Crippen molar-refractivity contribution in [2.45, 2.75) is 187 Å². The molecule has 4 aromatic rings. The lowest BCUT2D eigenvalue weighted by Gasteiger charge is -2.37. The molecule has 4 amide bonds. The van der Waals surface area contributed by atoms with Crippen LogP contribution in [0.15, 0.2) is 121 Å². The highest BCUT2D eigenvalue weighted by Crippen LogP contribution is 2.41. The van der Waals surface area contributed by atoms with Gasteiger partial charge in [0.05, 0.1) is 24.2 Å². The summed E-state index contributed by atoms with van der Waals surface area (Å²) in [4.78, 5) is 46.7. The normalized spacial score (nSPS) is 23.7. The second kappa shape index (κ2) is 33.9. The van der Waals surface area contributed by atoms with Crippen LogP contribution in [0.25, 0.3) is 0 Å². The molecule has 36 heteroatoms. The predicted octanol–water partition coefficient (Wildman–Crippen LogP) is 11.6. The molecule has 0 aromatic heterocycles. The fraction of sp³-hybridized carbons (Fsp3) is 0.517. The van der Waals surface area contributed by atoms with Crippen LogP contribution in [0, 0.1) is 0 Å². The number of carbonyl (C=O) groups is 4.